The van der Waals surface area contributed by atoms with Crippen LogP contribution in [0.2, 0.25) is 0 Å². The van der Waals surface area contributed by atoms with Crippen molar-refractivity contribution in [3.05, 3.63) is 69.6 Å². The van der Waals surface area contributed by atoms with Gasteiger partial charge in [-0.3, -0.25) is 10.1 Å². The summed E-state index contributed by atoms with van der Waals surface area (Å²) in [6.07, 6.45) is 0. The molecular formula is C19H16F2N2OS. The maximum Gasteiger partial charge on any atom is 0.257 e. The number of aromatic nitrogens is 1. The summed E-state index contributed by atoms with van der Waals surface area (Å²) in [5.41, 5.74) is 4.18. The smallest absolute Gasteiger partial charge is 0.257 e. The fourth-order valence-corrected chi connectivity index (χ4v) is 3.24. The fraction of sp³-hybridized carbons (Fsp3) is 0.158. The summed E-state index contributed by atoms with van der Waals surface area (Å²) < 4.78 is 26.2. The Hall–Kier alpha value is -2.60. The molecule has 0 fully saturated rings. The van der Waals surface area contributed by atoms with Gasteiger partial charge in [0.1, 0.15) is 0 Å². The second-order valence-corrected chi connectivity index (χ2v) is 7.01. The number of rotatable bonds is 3. The van der Waals surface area contributed by atoms with Crippen molar-refractivity contribution in [1.29, 1.82) is 0 Å². The molecule has 25 heavy (non-hydrogen) atoms. The molecule has 0 atom stereocenters. The van der Waals surface area contributed by atoms with Gasteiger partial charge in [0.05, 0.1) is 5.69 Å². The second kappa shape index (κ2) is 6.72. The average Bonchev–Trinajstić information content (AvgIpc) is 2.93. The van der Waals surface area contributed by atoms with Crippen LogP contribution in [-0.2, 0) is 0 Å². The summed E-state index contributed by atoms with van der Waals surface area (Å²) in [6, 6.07) is 9.11. The lowest BCUT2D eigenvalue weighted by atomic mass is 10.0. The van der Waals surface area contributed by atoms with Gasteiger partial charge in [0.2, 0.25) is 0 Å². The Balaban J connectivity index is 1.85. The predicted molar refractivity (Wildman–Crippen MR) is 96.1 cm³/mol. The Bertz CT molecular complexity index is 966. The van der Waals surface area contributed by atoms with Crippen molar-refractivity contribution in [3.8, 4) is 11.3 Å². The number of benzene rings is 2. The molecule has 1 heterocycles. The molecule has 2 aromatic carbocycles. The maximum atomic E-state index is 13.3. The summed E-state index contributed by atoms with van der Waals surface area (Å²) in [6.45, 7) is 6.00. The van der Waals surface area contributed by atoms with Gasteiger partial charge in [0, 0.05) is 16.0 Å². The number of halogens is 2. The minimum Gasteiger partial charge on any atom is -0.298 e. The van der Waals surface area contributed by atoms with E-state index in [4.69, 9.17) is 0 Å². The normalized spacial score (nSPS) is 10.8. The SMILES string of the molecule is Cc1ccc(-c2nc(NC(=O)c3ccc(F)c(F)c3)sc2C)cc1C. The summed E-state index contributed by atoms with van der Waals surface area (Å²) in [5, 5.41) is 3.06. The van der Waals surface area contributed by atoms with Crippen molar-refractivity contribution in [2.24, 2.45) is 0 Å². The highest BCUT2D eigenvalue weighted by molar-refractivity contribution is 7.16. The largest absolute Gasteiger partial charge is 0.298 e. The van der Waals surface area contributed by atoms with Crippen LogP contribution in [0.1, 0.15) is 26.4 Å². The zero-order valence-electron chi connectivity index (χ0n) is 14.0. The molecule has 1 amide bonds. The molecule has 6 heteroatoms. The van der Waals surface area contributed by atoms with Crippen molar-refractivity contribution in [1.82, 2.24) is 4.98 Å². The quantitative estimate of drug-likeness (QED) is 0.693. The van der Waals surface area contributed by atoms with E-state index in [0.717, 1.165) is 33.8 Å². The lowest BCUT2D eigenvalue weighted by Gasteiger charge is -2.04. The van der Waals surface area contributed by atoms with Crippen LogP contribution in [0.25, 0.3) is 11.3 Å². The Morgan fingerprint density at radius 2 is 1.76 bits per heavy atom. The van der Waals surface area contributed by atoms with Crippen LogP contribution in [0.5, 0.6) is 0 Å². The third-order valence-electron chi connectivity index (χ3n) is 3.98. The molecule has 0 spiro atoms. The van der Waals surface area contributed by atoms with Crippen molar-refractivity contribution in [3.63, 3.8) is 0 Å². The van der Waals surface area contributed by atoms with Gasteiger partial charge in [0.25, 0.3) is 5.91 Å². The third-order valence-corrected chi connectivity index (χ3v) is 4.87. The standard InChI is InChI=1S/C19H16F2N2OS/c1-10-4-5-13(8-11(10)2)17-12(3)25-19(22-17)23-18(24)14-6-7-15(20)16(21)9-14/h4-9H,1-3H3,(H,22,23,24). The number of carbonyl (C=O) groups is 1. The first-order valence-corrected chi connectivity index (χ1v) is 8.48. The summed E-state index contributed by atoms with van der Waals surface area (Å²) >= 11 is 1.34. The van der Waals surface area contributed by atoms with E-state index >= 15 is 0 Å². The topological polar surface area (TPSA) is 42.0 Å². The van der Waals surface area contributed by atoms with E-state index in [-0.39, 0.29) is 5.56 Å². The van der Waals surface area contributed by atoms with Crippen molar-refractivity contribution < 1.29 is 13.6 Å². The number of carbonyl (C=O) groups excluding carboxylic acids is 1. The minimum atomic E-state index is -1.06. The molecule has 3 rings (SSSR count). The number of nitrogens with zero attached hydrogens (tertiary/aromatic N) is 1. The van der Waals surface area contributed by atoms with Crippen LogP contribution in [0.3, 0.4) is 0 Å². The summed E-state index contributed by atoms with van der Waals surface area (Å²) in [4.78, 5) is 17.6. The average molecular weight is 358 g/mol. The number of hydrogen-bond donors (Lipinski definition) is 1. The van der Waals surface area contributed by atoms with Crippen molar-refractivity contribution >= 4 is 22.4 Å². The molecule has 0 saturated carbocycles. The molecule has 0 aliphatic heterocycles. The third kappa shape index (κ3) is 3.58. The molecule has 1 aromatic heterocycles. The van der Waals surface area contributed by atoms with E-state index < -0.39 is 17.5 Å². The Morgan fingerprint density at radius 3 is 2.44 bits per heavy atom. The molecule has 1 N–H and O–H groups in total. The van der Waals surface area contributed by atoms with E-state index in [0.29, 0.717) is 5.13 Å². The lowest BCUT2D eigenvalue weighted by Crippen LogP contribution is -2.12. The number of amides is 1. The van der Waals surface area contributed by atoms with E-state index in [1.807, 2.05) is 32.9 Å². The maximum absolute atomic E-state index is 13.3. The van der Waals surface area contributed by atoms with Gasteiger partial charge < -0.3 is 0 Å². The van der Waals surface area contributed by atoms with Crippen LogP contribution in [0, 0.1) is 32.4 Å². The minimum absolute atomic E-state index is 0.0412. The van der Waals surface area contributed by atoms with E-state index in [1.54, 1.807) is 0 Å². The number of anilines is 1. The second-order valence-electron chi connectivity index (χ2n) is 5.81. The first-order chi connectivity index (χ1) is 11.8. The number of hydrogen-bond acceptors (Lipinski definition) is 3. The van der Waals surface area contributed by atoms with Crippen LogP contribution in [0.4, 0.5) is 13.9 Å². The molecule has 0 saturated heterocycles. The Morgan fingerprint density at radius 1 is 1.00 bits per heavy atom. The fourth-order valence-electron chi connectivity index (χ4n) is 2.41. The summed E-state index contributed by atoms with van der Waals surface area (Å²) in [7, 11) is 0. The number of aryl methyl sites for hydroxylation is 3. The molecule has 0 bridgehead atoms. The van der Waals surface area contributed by atoms with Gasteiger partial charge in [-0.25, -0.2) is 13.8 Å². The monoisotopic (exact) mass is 358 g/mol. The first kappa shape index (κ1) is 17.2. The van der Waals surface area contributed by atoms with Crippen LogP contribution < -0.4 is 5.32 Å². The zero-order valence-corrected chi connectivity index (χ0v) is 14.8. The zero-order chi connectivity index (χ0) is 18.1. The summed E-state index contributed by atoms with van der Waals surface area (Å²) in [5.74, 6) is -2.57. The molecule has 0 radical (unpaired) electrons. The number of thiazole rings is 1. The van der Waals surface area contributed by atoms with E-state index in [1.165, 1.54) is 23.0 Å². The van der Waals surface area contributed by atoms with Gasteiger partial charge in [-0.15, -0.1) is 11.3 Å². The van der Waals surface area contributed by atoms with Crippen LogP contribution in [0.15, 0.2) is 36.4 Å². The van der Waals surface area contributed by atoms with Crippen molar-refractivity contribution in [2.75, 3.05) is 5.32 Å². The van der Waals surface area contributed by atoms with Gasteiger partial charge in [-0.05, 0) is 56.2 Å². The highest BCUT2D eigenvalue weighted by Gasteiger charge is 2.15. The Kier molecular flexibility index (Phi) is 4.63. The molecule has 3 nitrogen and oxygen atoms in total. The highest BCUT2D eigenvalue weighted by atomic mass is 32.1. The van der Waals surface area contributed by atoms with Crippen molar-refractivity contribution in [2.45, 2.75) is 20.8 Å². The lowest BCUT2D eigenvalue weighted by molar-refractivity contribution is 0.102. The molecule has 3 aromatic rings. The van der Waals surface area contributed by atoms with Gasteiger partial charge in [0.15, 0.2) is 16.8 Å². The molecule has 0 aliphatic rings. The Labute approximate surface area is 148 Å². The van der Waals surface area contributed by atoms with Crippen LogP contribution in [-0.4, -0.2) is 10.9 Å². The first-order valence-electron chi connectivity index (χ1n) is 7.66. The molecular weight excluding hydrogens is 342 g/mol. The number of nitrogens with one attached hydrogen (secondary N) is 1. The van der Waals surface area contributed by atoms with Gasteiger partial charge >= 0.3 is 0 Å². The predicted octanol–water partition coefficient (Wildman–Crippen LogP) is 5.27. The molecule has 0 unspecified atom stereocenters. The van der Waals surface area contributed by atoms with Gasteiger partial charge in [-0.2, -0.15) is 0 Å². The molecule has 0 aliphatic carbocycles. The highest BCUT2D eigenvalue weighted by Crippen LogP contribution is 2.31. The van der Waals surface area contributed by atoms with E-state index in [9.17, 15) is 13.6 Å². The van der Waals surface area contributed by atoms with Gasteiger partial charge in [-0.1, -0.05) is 12.1 Å². The van der Waals surface area contributed by atoms with E-state index in [2.05, 4.69) is 16.4 Å². The molecule has 128 valence electrons. The van der Waals surface area contributed by atoms with Crippen LogP contribution >= 0.6 is 11.3 Å².